The molecule has 2 rings (SSSR count). The Morgan fingerprint density at radius 3 is 2.33 bits per heavy atom. The lowest BCUT2D eigenvalue weighted by atomic mass is 10.2. The second kappa shape index (κ2) is 5.46. The molecule has 0 aliphatic carbocycles. The van der Waals surface area contributed by atoms with Crippen molar-refractivity contribution in [1.82, 2.24) is 0 Å². The molecule has 0 bridgehead atoms. The van der Waals surface area contributed by atoms with Crippen LogP contribution in [0.2, 0.25) is 0 Å². The number of nitrogens with zero attached hydrogens (tertiary/aromatic N) is 2. The van der Waals surface area contributed by atoms with Crippen LogP contribution in [0.3, 0.4) is 0 Å². The highest BCUT2D eigenvalue weighted by molar-refractivity contribution is 7.89. The first kappa shape index (κ1) is 14.9. The molecule has 0 N–H and O–H groups in total. The Morgan fingerprint density at radius 2 is 1.81 bits per heavy atom. The van der Waals surface area contributed by atoms with Gasteiger partial charge < -0.3 is 4.18 Å². The molecule has 1 aromatic heterocycles. The minimum absolute atomic E-state index is 0.129. The van der Waals surface area contributed by atoms with Crippen molar-refractivity contribution in [1.29, 1.82) is 0 Å². The molecule has 0 saturated heterocycles. The van der Waals surface area contributed by atoms with Crippen molar-refractivity contribution in [2.75, 3.05) is 0 Å². The number of rotatable bonds is 5. The zero-order valence-electron chi connectivity index (χ0n) is 10.0. The van der Waals surface area contributed by atoms with E-state index in [-0.39, 0.29) is 4.21 Å². The molecular weight excluding hydrogens is 324 g/mol. The lowest BCUT2D eigenvalue weighted by molar-refractivity contribution is -0.394. The van der Waals surface area contributed by atoms with E-state index in [9.17, 15) is 28.6 Å². The Morgan fingerprint density at radius 1 is 1.10 bits per heavy atom. The van der Waals surface area contributed by atoms with Crippen molar-refractivity contribution in [3.05, 3.63) is 55.9 Å². The Labute approximate surface area is 121 Å². The summed E-state index contributed by atoms with van der Waals surface area (Å²) in [6.07, 6.45) is 0. The third-order valence-electron chi connectivity index (χ3n) is 2.29. The van der Waals surface area contributed by atoms with Gasteiger partial charge in [-0.25, -0.2) is 0 Å². The highest BCUT2D eigenvalue weighted by Gasteiger charge is 2.26. The molecule has 0 atom stereocenters. The number of benzene rings is 1. The molecule has 0 aliphatic rings. The maximum Gasteiger partial charge on any atom is 0.349 e. The van der Waals surface area contributed by atoms with Gasteiger partial charge in [0.25, 0.3) is 5.69 Å². The zero-order chi connectivity index (χ0) is 15.6. The number of hydrogen-bond donors (Lipinski definition) is 0. The molecule has 0 fully saturated rings. The van der Waals surface area contributed by atoms with Gasteiger partial charge in [-0.05, 0) is 17.5 Å². The van der Waals surface area contributed by atoms with E-state index in [1.165, 1.54) is 17.5 Å². The van der Waals surface area contributed by atoms with Crippen molar-refractivity contribution < 1.29 is 22.4 Å². The number of nitro groups is 2. The Hall–Kier alpha value is -2.53. The summed E-state index contributed by atoms with van der Waals surface area (Å²) in [6.45, 7) is 0. The van der Waals surface area contributed by atoms with Crippen LogP contribution in [-0.4, -0.2) is 18.3 Å². The minimum Gasteiger partial charge on any atom is -0.371 e. The van der Waals surface area contributed by atoms with E-state index in [1.54, 1.807) is 0 Å². The van der Waals surface area contributed by atoms with Gasteiger partial charge in [0.05, 0.1) is 15.9 Å². The second-order valence-electron chi connectivity index (χ2n) is 3.64. The van der Waals surface area contributed by atoms with Gasteiger partial charge >= 0.3 is 15.8 Å². The summed E-state index contributed by atoms with van der Waals surface area (Å²) < 4.78 is 28.3. The number of hydrogen-bond acceptors (Lipinski definition) is 8. The van der Waals surface area contributed by atoms with Crippen LogP contribution in [0, 0.1) is 20.2 Å². The Bertz CT molecular complexity index is 799. The predicted octanol–water partition coefficient (Wildman–Crippen LogP) is 2.33. The highest BCUT2D eigenvalue weighted by atomic mass is 32.3. The van der Waals surface area contributed by atoms with Crippen molar-refractivity contribution in [2.45, 2.75) is 4.21 Å². The summed E-state index contributed by atoms with van der Waals surface area (Å²) in [7, 11) is -4.21. The van der Waals surface area contributed by atoms with Gasteiger partial charge in [-0.1, -0.05) is 6.07 Å². The third-order valence-corrected chi connectivity index (χ3v) is 4.88. The van der Waals surface area contributed by atoms with Crippen LogP contribution in [0.4, 0.5) is 11.4 Å². The van der Waals surface area contributed by atoms with E-state index in [4.69, 9.17) is 4.18 Å². The van der Waals surface area contributed by atoms with Gasteiger partial charge in [-0.2, -0.15) is 8.42 Å². The molecule has 1 aromatic carbocycles. The molecule has 110 valence electrons. The molecule has 0 aliphatic heterocycles. The van der Waals surface area contributed by atoms with Crippen molar-refractivity contribution >= 4 is 32.8 Å². The van der Waals surface area contributed by atoms with Crippen LogP contribution < -0.4 is 4.18 Å². The average molecular weight is 330 g/mol. The Balaban J connectivity index is 2.45. The van der Waals surface area contributed by atoms with Crippen LogP contribution in [0.25, 0.3) is 0 Å². The van der Waals surface area contributed by atoms with Crippen LogP contribution in [0.5, 0.6) is 5.75 Å². The summed E-state index contributed by atoms with van der Waals surface area (Å²) in [5.74, 6) is -0.584. The standard InChI is InChI=1S/C10H6N2O7S2/c13-11(14)7-3-4-9(8(6-7)12(15)16)19-21(17,18)10-2-1-5-20-10/h1-6H. The van der Waals surface area contributed by atoms with Crippen LogP contribution in [0.15, 0.2) is 39.9 Å². The smallest absolute Gasteiger partial charge is 0.349 e. The van der Waals surface area contributed by atoms with E-state index in [0.29, 0.717) is 6.07 Å². The van der Waals surface area contributed by atoms with Crippen LogP contribution >= 0.6 is 11.3 Å². The molecule has 11 heteroatoms. The molecule has 0 unspecified atom stereocenters. The minimum atomic E-state index is -4.21. The maximum absolute atomic E-state index is 11.9. The largest absolute Gasteiger partial charge is 0.371 e. The average Bonchev–Trinajstić information content (AvgIpc) is 2.92. The van der Waals surface area contributed by atoms with Crippen LogP contribution in [0.1, 0.15) is 0 Å². The quantitative estimate of drug-likeness (QED) is 0.467. The molecular formula is C10H6N2O7S2. The van der Waals surface area contributed by atoms with E-state index < -0.39 is 37.1 Å². The number of non-ortho nitro benzene ring substituents is 1. The SMILES string of the molecule is O=[N+]([O-])c1ccc(OS(=O)(=O)c2cccs2)c([N+](=O)[O-])c1. The van der Waals surface area contributed by atoms with Gasteiger partial charge in [0.1, 0.15) is 0 Å². The Kier molecular flexibility index (Phi) is 3.86. The van der Waals surface area contributed by atoms with E-state index >= 15 is 0 Å². The summed E-state index contributed by atoms with van der Waals surface area (Å²) >= 11 is 0.880. The molecule has 1 heterocycles. The normalized spacial score (nSPS) is 11.0. The highest BCUT2D eigenvalue weighted by Crippen LogP contribution is 2.33. The maximum atomic E-state index is 11.9. The summed E-state index contributed by atoms with van der Waals surface area (Å²) in [5, 5.41) is 23.0. The summed E-state index contributed by atoms with van der Waals surface area (Å²) in [4.78, 5) is 19.7. The summed E-state index contributed by atoms with van der Waals surface area (Å²) in [6, 6.07) is 5.19. The van der Waals surface area contributed by atoms with Gasteiger partial charge in [0, 0.05) is 6.07 Å². The summed E-state index contributed by atoms with van der Waals surface area (Å²) in [5.41, 5.74) is -1.34. The molecule has 0 spiro atoms. The lowest BCUT2D eigenvalue weighted by Gasteiger charge is -2.05. The molecule has 21 heavy (non-hydrogen) atoms. The van der Waals surface area contributed by atoms with E-state index in [2.05, 4.69) is 0 Å². The molecule has 0 radical (unpaired) electrons. The third kappa shape index (κ3) is 3.14. The fourth-order valence-corrected chi connectivity index (χ4v) is 3.29. The fraction of sp³-hybridized carbons (Fsp3) is 0. The van der Waals surface area contributed by atoms with Crippen molar-refractivity contribution in [2.24, 2.45) is 0 Å². The van der Waals surface area contributed by atoms with Gasteiger partial charge in [-0.15, -0.1) is 11.3 Å². The molecule has 0 amide bonds. The first-order chi connectivity index (χ1) is 9.81. The zero-order valence-corrected chi connectivity index (χ0v) is 11.7. The topological polar surface area (TPSA) is 130 Å². The molecule has 0 saturated carbocycles. The predicted molar refractivity (Wildman–Crippen MR) is 71.9 cm³/mol. The number of nitro benzene ring substituents is 2. The fourth-order valence-electron chi connectivity index (χ4n) is 1.40. The van der Waals surface area contributed by atoms with Gasteiger partial charge in [0.15, 0.2) is 4.21 Å². The molecule has 2 aromatic rings. The van der Waals surface area contributed by atoms with E-state index in [0.717, 1.165) is 23.5 Å². The van der Waals surface area contributed by atoms with Crippen molar-refractivity contribution in [3.8, 4) is 5.75 Å². The lowest BCUT2D eigenvalue weighted by Crippen LogP contribution is -2.09. The van der Waals surface area contributed by atoms with Gasteiger partial charge in [0.2, 0.25) is 5.75 Å². The van der Waals surface area contributed by atoms with Gasteiger partial charge in [-0.3, -0.25) is 20.2 Å². The number of thiophene rings is 1. The first-order valence-electron chi connectivity index (χ1n) is 5.22. The van der Waals surface area contributed by atoms with Crippen LogP contribution in [-0.2, 0) is 10.1 Å². The van der Waals surface area contributed by atoms with Crippen molar-refractivity contribution in [3.63, 3.8) is 0 Å². The first-order valence-corrected chi connectivity index (χ1v) is 7.51. The second-order valence-corrected chi connectivity index (χ2v) is 6.36. The van der Waals surface area contributed by atoms with E-state index in [1.807, 2.05) is 0 Å². The molecule has 9 nitrogen and oxygen atoms in total. The monoisotopic (exact) mass is 330 g/mol.